The second kappa shape index (κ2) is 11.5. The standard InChI is InChI=1S/C26H16Br6O/c27-19-13-21(29)25(23(31)17(19)11-15-7-3-1-4-8-15)33-26-22(30)14-20(28)18(24(26)32)12-16-9-5-2-6-10-16/h1-10,13-14H,11-12H2. The summed E-state index contributed by atoms with van der Waals surface area (Å²) >= 11 is 22.4. The summed E-state index contributed by atoms with van der Waals surface area (Å²) in [5.41, 5.74) is 4.69. The summed E-state index contributed by atoms with van der Waals surface area (Å²) in [5, 5.41) is 0. The summed E-state index contributed by atoms with van der Waals surface area (Å²) in [7, 11) is 0. The van der Waals surface area contributed by atoms with Gasteiger partial charge in [0.05, 0.1) is 17.9 Å². The van der Waals surface area contributed by atoms with E-state index in [-0.39, 0.29) is 0 Å². The molecule has 0 unspecified atom stereocenters. The molecule has 0 aromatic heterocycles. The van der Waals surface area contributed by atoms with E-state index in [1.54, 1.807) is 0 Å². The highest BCUT2D eigenvalue weighted by atomic mass is 79.9. The van der Waals surface area contributed by atoms with Crippen molar-refractivity contribution in [2.75, 3.05) is 0 Å². The van der Waals surface area contributed by atoms with Crippen molar-refractivity contribution in [3.8, 4) is 11.5 Å². The van der Waals surface area contributed by atoms with Gasteiger partial charge in [-0.1, -0.05) is 92.5 Å². The molecule has 0 aliphatic rings. The Morgan fingerprint density at radius 2 is 0.848 bits per heavy atom. The van der Waals surface area contributed by atoms with E-state index in [1.807, 2.05) is 24.3 Å². The molecule has 7 heteroatoms. The summed E-state index contributed by atoms with van der Waals surface area (Å²) in [6.45, 7) is 0. The smallest absolute Gasteiger partial charge is 0.156 e. The van der Waals surface area contributed by atoms with Crippen molar-refractivity contribution in [2.24, 2.45) is 0 Å². The summed E-state index contributed by atoms with van der Waals surface area (Å²) in [6, 6.07) is 24.8. The van der Waals surface area contributed by atoms with Crippen molar-refractivity contribution in [2.45, 2.75) is 12.8 Å². The van der Waals surface area contributed by atoms with Crippen LogP contribution in [0.5, 0.6) is 11.5 Å². The predicted octanol–water partition coefficient (Wildman–Crippen LogP) is 11.2. The molecule has 168 valence electrons. The van der Waals surface area contributed by atoms with E-state index in [2.05, 4.69) is 144 Å². The average Bonchev–Trinajstić information content (AvgIpc) is 2.80. The average molecular weight is 824 g/mol. The van der Waals surface area contributed by atoms with Gasteiger partial charge in [-0.15, -0.1) is 0 Å². The lowest BCUT2D eigenvalue weighted by atomic mass is 10.0. The fraction of sp³-hybridized carbons (Fsp3) is 0.0769. The Balaban J connectivity index is 1.74. The van der Waals surface area contributed by atoms with Gasteiger partial charge in [0.25, 0.3) is 0 Å². The van der Waals surface area contributed by atoms with Crippen LogP contribution in [0.1, 0.15) is 22.3 Å². The molecule has 0 N–H and O–H groups in total. The van der Waals surface area contributed by atoms with Crippen LogP contribution in [0.25, 0.3) is 0 Å². The second-order valence-corrected chi connectivity index (χ2v) is 12.4. The zero-order chi connectivity index (χ0) is 23.5. The van der Waals surface area contributed by atoms with Crippen LogP contribution < -0.4 is 4.74 Å². The van der Waals surface area contributed by atoms with Crippen LogP contribution in [-0.4, -0.2) is 0 Å². The predicted molar refractivity (Wildman–Crippen MR) is 158 cm³/mol. The third-order valence-corrected chi connectivity index (χ3v) is 9.37. The second-order valence-electron chi connectivity index (χ2n) is 7.35. The number of benzene rings is 4. The van der Waals surface area contributed by atoms with Crippen molar-refractivity contribution in [1.29, 1.82) is 0 Å². The maximum Gasteiger partial charge on any atom is 0.156 e. The van der Waals surface area contributed by atoms with Gasteiger partial charge in [-0.05, 0) is 111 Å². The van der Waals surface area contributed by atoms with Crippen LogP contribution in [0.2, 0.25) is 0 Å². The minimum absolute atomic E-state index is 0.721. The topological polar surface area (TPSA) is 9.23 Å². The molecule has 0 heterocycles. The molecule has 4 rings (SSSR count). The number of hydrogen-bond donors (Lipinski definition) is 0. The molecular weight excluding hydrogens is 808 g/mol. The molecule has 0 saturated carbocycles. The summed E-state index contributed by atoms with van der Waals surface area (Å²) in [4.78, 5) is 0. The molecule has 0 radical (unpaired) electrons. The summed E-state index contributed by atoms with van der Waals surface area (Å²) in [6.07, 6.45) is 1.54. The lowest BCUT2D eigenvalue weighted by molar-refractivity contribution is 0.468. The minimum Gasteiger partial charge on any atom is -0.453 e. The van der Waals surface area contributed by atoms with Gasteiger partial charge in [0.2, 0.25) is 0 Å². The Bertz CT molecular complexity index is 1190. The first-order valence-corrected chi connectivity index (χ1v) is 14.7. The van der Waals surface area contributed by atoms with Crippen LogP contribution in [0, 0.1) is 0 Å². The molecule has 4 aromatic carbocycles. The highest BCUT2D eigenvalue weighted by molar-refractivity contribution is 9.12. The van der Waals surface area contributed by atoms with Crippen LogP contribution in [-0.2, 0) is 12.8 Å². The monoisotopic (exact) mass is 818 g/mol. The van der Waals surface area contributed by atoms with E-state index in [0.717, 1.165) is 62.3 Å². The fourth-order valence-corrected chi connectivity index (χ4v) is 8.56. The Morgan fingerprint density at radius 1 is 0.485 bits per heavy atom. The van der Waals surface area contributed by atoms with E-state index >= 15 is 0 Å². The van der Waals surface area contributed by atoms with Gasteiger partial charge in [-0.2, -0.15) is 0 Å². The third kappa shape index (κ3) is 6.04. The zero-order valence-electron chi connectivity index (χ0n) is 17.0. The summed E-state index contributed by atoms with van der Waals surface area (Å²) in [5.74, 6) is 1.44. The van der Waals surface area contributed by atoms with Gasteiger partial charge in [-0.25, -0.2) is 0 Å². The van der Waals surface area contributed by atoms with Crippen molar-refractivity contribution in [3.63, 3.8) is 0 Å². The summed E-state index contributed by atoms with van der Waals surface area (Å²) < 4.78 is 12.1. The van der Waals surface area contributed by atoms with Gasteiger partial charge in [0.1, 0.15) is 0 Å². The molecule has 0 amide bonds. The molecule has 33 heavy (non-hydrogen) atoms. The maximum atomic E-state index is 6.54. The minimum atomic E-state index is 0.721. The van der Waals surface area contributed by atoms with Crippen LogP contribution in [0.15, 0.2) is 99.6 Å². The molecule has 0 atom stereocenters. The molecule has 4 aromatic rings. The number of halogens is 6. The van der Waals surface area contributed by atoms with Crippen molar-refractivity contribution >= 4 is 95.6 Å². The SMILES string of the molecule is Brc1cc(Br)c(Oc2c(Br)cc(Br)c(Cc3ccccc3)c2Br)c(Br)c1Cc1ccccc1. The molecule has 0 spiro atoms. The fourth-order valence-electron chi connectivity index (χ4n) is 3.43. The van der Waals surface area contributed by atoms with Crippen LogP contribution >= 0.6 is 95.6 Å². The molecule has 0 aliphatic carbocycles. The molecular formula is C26H16Br6O. The zero-order valence-corrected chi connectivity index (χ0v) is 26.5. The number of hydrogen-bond acceptors (Lipinski definition) is 1. The highest BCUT2D eigenvalue weighted by Crippen LogP contribution is 2.48. The Labute approximate surface area is 244 Å². The van der Waals surface area contributed by atoms with E-state index in [4.69, 9.17) is 4.74 Å². The van der Waals surface area contributed by atoms with Gasteiger partial charge >= 0.3 is 0 Å². The first kappa shape index (κ1) is 25.6. The van der Waals surface area contributed by atoms with Crippen LogP contribution in [0.3, 0.4) is 0 Å². The van der Waals surface area contributed by atoms with Crippen molar-refractivity contribution in [3.05, 3.63) is 122 Å². The molecule has 0 fully saturated rings. The lowest BCUT2D eigenvalue weighted by Crippen LogP contribution is -1.99. The third-order valence-electron chi connectivity index (χ3n) is 5.10. The highest BCUT2D eigenvalue weighted by Gasteiger charge is 2.21. The quantitative estimate of drug-likeness (QED) is 0.188. The number of rotatable bonds is 6. The van der Waals surface area contributed by atoms with Crippen molar-refractivity contribution in [1.82, 2.24) is 0 Å². The van der Waals surface area contributed by atoms with Gasteiger partial charge in [0, 0.05) is 8.95 Å². The van der Waals surface area contributed by atoms with Crippen LogP contribution in [0.4, 0.5) is 0 Å². The number of ether oxygens (including phenoxy) is 1. The van der Waals surface area contributed by atoms with Gasteiger partial charge < -0.3 is 4.74 Å². The Hall–Kier alpha value is -0.440. The van der Waals surface area contributed by atoms with Crippen molar-refractivity contribution < 1.29 is 4.74 Å². The largest absolute Gasteiger partial charge is 0.453 e. The van der Waals surface area contributed by atoms with E-state index in [9.17, 15) is 0 Å². The van der Waals surface area contributed by atoms with E-state index in [0.29, 0.717) is 0 Å². The Morgan fingerprint density at radius 3 is 1.21 bits per heavy atom. The normalized spacial score (nSPS) is 11.0. The lowest BCUT2D eigenvalue weighted by Gasteiger charge is -2.19. The first-order valence-electron chi connectivity index (χ1n) is 9.93. The maximum absolute atomic E-state index is 6.54. The molecule has 0 bridgehead atoms. The van der Waals surface area contributed by atoms with E-state index in [1.165, 1.54) is 11.1 Å². The van der Waals surface area contributed by atoms with Gasteiger partial charge in [0.15, 0.2) is 11.5 Å². The van der Waals surface area contributed by atoms with E-state index < -0.39 is 0 Å². The first-order chi connectivity index (χ1) is 15.8. The van der Waals surface area contributed by atoms with Gasteiger partial charge in [-0.3, -0.25) is 0 Å². The molecule has 0 saturated heterocycles. The molecule has 1 nitrogen and oxygen atoms in total. The molecule has 0 aliphatic heterocycles. The Kier molecular flexibility index (Phi) is 8.96.